The van der Waals surface area contributed by atoms with Crippen molar-refractivity contribution >= 4 is 5.78 Å². The molecule has 0 aliphatic carbocycles. The zero-order chi connectivity index (χ0) is 11.8. The summed E-state index contributed by atoms with van der Waals surface area (Å²) in [6, 6.07) is 1.89. The van der Waals surface area contributed by atoms with Gasteiger partial charge in [-0.05, 0) is 39.3 Å². The summed E-state index contributed by atoms with van der Waals surface area (Å²) in [5.74, 6) is 0.232. The second-order valence-corrected chi connectivity index (χ2v) is 5.33. The standard InChI is InChI=1S/C13H20N2O/c1-13(2)6-4-7-15(13)10-12(16)11-5-8-14(3)9-11/h5,8-9H,4,6-7,10H2,1-3H3. The number of aromatic nitrogens is 1. The monoisotopic (exact) mass is 220 g/mol. The lowest BCUT2D eigenvalue weighted by molar-refractivity contribution is 0.0871. The molecule has 16 heavy (non-hydrogen) atoms. The molecule has 88 valence electrons. The number of Topliss-reactive ketones (excluding diaryl/α,β-unsaturated/α-hetero) is 1. The third kappa shape index (κ3) is 2.19. The number of likely N-dealkylation sites (tertiary alicyclic amines) is 1. The van der Waals surface area contributed by atoms with Crippen LogP contribution in [0.3, 0.4) is 0 Å². The van der Waals surface area contributed by atoms with Gasteiger partial charge in [-0.15, -0.1) is 0 Å². The largest absolute Gasteiger partial charge is 0.357 e. The summed E-state index contributed by atoms with van der Waals surface area (Å²) >= 11 is 0. The van der Waals surface area contributed by atoms with Crippen LogP contribution >= 0.6 is 0 Å². The van der Waals surface area contributed by atoms with E-state index < -0.39 is 0 Å². The zero-order valence-corrected chi connectivity index (χ0v) is 10.4. The quantitative estimate of drug-likeness (QED) is 0.729. The Bertz CT molecular complexity index is 392. The molecule has 0 atom stereocenters. The minimum Gasteiger partial charge on any atom is -0.357 e. The molecule has 0 unspecified atom stereocenters. The molecular weight excluding hydrogens is 200 g/mol. The SMILES string of the molecule is Cn1ccc(C(=O)CN2CCCC2(C)C)c1. The highest BCUT2D eigenvalue weighted by atomic mass is 16.1. The molecule has 0 spiro atoms. The summed E-state index contributed by atoms with van der Waals surface area (Å²) in [5, 5.41) is 0. The summed E-state index contributed by atoms with van der Waals surface area (Å²) < 4.78 is 1.92. The van der Waals surface area contributed by atoms with Gasteiger partial charge in [0, 0.05) is 30.5 Å². The first-order valence-corrected chi connectivity index (χ1v) is 5.89. The first kappa shape index (κ1) is 11.4. The van der Waals surface area contributed by atoms with E-state index in [4.69, 9.17) is 0 Å². The van der Waals surface area contributed by atoms with Gasteiger partial charge in [-0.2, -0.15) is 0 Å². The average molecular weight is 220 g/mol. The van der Waals surface area contributed by atoms with Crippen LogP contribution < -0.4 is 0 Å². The van der Waals surface area contributed by atoms with Crippen molar-refractivity contribution in [3.8, 4) is 0 Å². The van der Waals surface area contributed by atoms with Crippen LogP contribution in [0, 0.1) is 0 Å². The van der Waals surface area contributed by atoms with Crippen molar-refractivity contribution in [2.24, 2.45) is 7.05 Å². The summed E-state index contributed by atoms with van der Waals surface area (Å²) in [5.41, 5.74) is 1.01. The highest BCUT2D eigenvalue weighted by molar-refractivity contribution is 5.97. The van der Waals surface area contributed by atoms with Crippen LogP contribution in [0.1, 0.15) is 37.0 Å². The Morgan fingerprint density at radius 3 is 2.75 bits per heavy atom. The summed E-state index contributed by atoms with van der Waals surface area (Å²) in [4.78, 5) is 14.3. The van der Waals surface area contributed by atoms with E-state index in [2.05, 4.69) is 18.7 Å². The highest BCUT2D eigenvalue weighted by Gasteiger charge is 2.32. The lowest BCUT2D eigenvalue weighted by Crippen LogP contribution is -2.41. The summed E-state index contributed by atoms with van der Waals surface area (Å²) in [6.07, 6.45) is 6.21. The predicted octanol–water partition coefficient (Wildman–Crippen LogP) is 2.08. The molecular formula is C13H20N2O. The van der Waals surface area contributed by atoms with Crippen LogP contribution in [0.15, 0.2) is 18.5 Å². The van der Waals surface area contributed by atoms with Gasteiger partial charge in [0.1, 0.15) is 0 Å². The van der Waals surface area contributed by atoms with Gasteiger partial charge >= 0.3 is 0 Å². The molecule has 1 fully saturated rings. The fraction of sp³-hybridized carbons (Fsp3) is 0.615. The molecule has 3 nitrogen and oxygen atoms in total. The van der Waals surface area contributed by atoms with Gasteiger partial charge in [0.15, 0.2) is 5.78 Å². The minimum absolute atomic E-state index is 0.185. The van der Waals surface area contributed by atoms with Gasteiger partial charge in [-0.25, -0.2) is 0 Å². The number of rotatable bonds is 3. The minimum atomic E-state index is 0.185. The lowest BCUT2D eigenvalue weighted by atomic mass is 10.0. The van der Waals surface area contributed by atoms with Gasteiger partial charge in [-0.1, -0.05) is 0 Å². The molecule has 1 aliphatic heterocycles. The van der Waals surface area contributed by atoms with E-state index in [-0.39, 0.29) is 11.3 Å². The molecule has 0 radical (unpaired) electrons. The number of aryl methyl sites for hydroxylation is 1. The van der Waals surface area contributed by atoms with Gasteiger partial charge in [-0.3, -0.25) is 9.69 Å². The average Bonchev–Trinajstić information content (AvgIpc) is 2.74. The molecule has 1 aliphatic rings. The first-order valence-electron chi connectivity index (χ1n) is 5.89. The highest BCUT2D eigenvalue weighted by Crippen LogP contribution is 2.27. The van der Waals surface area contributed by atoms with E-state index in [1.165, 1.54) is 12.8 Å². The van der Waals surface area contributed by atoms with Crippen molar-refractivity contribution in [2.75, 3.05) is 13.1 Å². The smallest absolute Gasteiger partial charge is 0.178 e. The maximum absolute atomic E-state index is 12.0. The van der Waals surface area contributed by atoms with Crippen LogP contribution in [-0.2, 0) is 7.05 Å². The Kier molecular flexibility index (Phi) is 2.89. The Labute approximate surface area is 97.1 Å². The van der Waals surface area contributed by atoms with Crippen molar-refractivity contribution in [1.82, 2.24) is 9.47 Å². The third-order valence-corrected chi connectivity index (χ3v) is 3.56. The molecule has 2 heterocycles. The fourth-order valence-electron chi connectivity index (χ4n) is 2.39. The van der Waals surface area contributed by atoms with E-state index in [9.17, 15) is 4.79 Å². The van der Waals surface area contributed by atoms with Crippen molar-refractivity contribution in [3.05, 3.63) is 24.0 Å². The van der Waals surface area contributed by atoms with E-state index in [1.54, 1.807) is 0 Å². The van der Waals surface area contributed by atoms with E-state index in [0.29, 0.717) is 6.54 Å². The van der Waals surface area contributed by atoms with Crippen LogP contribution in [-0.4, -0.2) is 33.9 Å². The van der Waals surface area contributed by atoms with Gasteiger partial charge in [0.05, 0.1) is 6.54 Å². The number of hydrogen-bond acceptors (Lipinski definition) is 2. The van der Waals surface area contributed by atoms with Crippen LogP contribution in [0.2, 0.25) is 0 Å². The molecule has 2 rings (SSSR count). The topological polar surface area (TPSA) is 25.2 Å². The van der Waals surface area contributed by atoms with Crippen molar-refractivity contribution in [2.45, 2.75) is 32.2 Å². The molecule has 0 amide bonds. The Morgan fingerprint density at radius 2 is 2.25 bits per heavy atom. The molecule has 3 heteroatoms. The Hall–Kier alpha value is -1.09. The molecule has 0 N–H and O–H groups in total. The Balaban J connectivity index is 2.03. The van der Waals surface area contributed by atoms with Crippen molar-refractivity contribution in [3.63, 3.8) is 0 Å². The molecule has 1 aromatic rings. The number of carbonyl (C=O) groups excluding carboxylic acids is 1. The van der Waals surface area contributed by atoms with Gasteiger partial charge in [0.25, 0.3) is 0 Å². The normalized spacial score (nSPS) is 20.2. The van der Waals surface area contributed by atoms with Gasteiger partial charge < -0.3 is 4.57 Å². The zero-order valence-electron chi connectivity index (χ0n) is 10.4. The van der Waals surface area contributed by atoms with Gasteiger partial charge in [0.2, 0.25) is 0 Å². The first-order chi connectivity index (χ1) is 7.49. The van der Waals surface area contributed by atoms with Crippen molar-refractivity contribution < 1.29 is 4.79 Å². The van der Waals surface area contributed by atoms with E-state index in [1.807, 2.05) is 30.1 Å². The van der Waals surface area contributed by atoms with Crippen molar-refractivity contribution in [1.29, 1.82) is 0 Å². The maximum atomic E-state index is 12.0. The van der Waals surface area contributed by atoms with Crippen LogP contribution in [0.25, 0.3) is 0 Å². The van der Waals surface area contributed by atoms with Crippen LogP contribution in [0.4, 0.5) is 0 Å². The number of ketones is 1. The molecule has 1 aromatic heterocycles. The second kappa shape index (κ2) is 4.06. The molecule has 1 saturated heterocycles. The third-order valence-electron chi connectivity index (χ3n) is 3.56. The van der Waals surface area contributed by atoms with E-state index >= 15 is 0 Å². The number of hydrogen-bond donors (Lipinski definition) is 0. The predicted molar refractivity (Wildman–Crippen MR) is 64.6 cm³/mol. The molecule has 0 saturated carbocycles. The molecule has 0 bridgehead atoms. The molecule has 0 aromatic carbocycles. The summed E-state index contributed by atoms with van der Waals surface area (Å²) in [7, 11) is 1.94. The van der Waals surface area contributed by atoms with Crippen LogP contribution in [0.5, 0.6) is 0 Å². The van der Waals surface area contributed by atoms with E-state index in [0.717, 1.165) is 12.1 Å². The number of carbonyl (C=O) groups is 1. The fourth-order valence-corrected chi connectivity index (χ4v) is 2.39. The summed E-state index contributed by atoms with van der Waals surface area (Å²) in [6.45, 7) is 6.04. The number of nitrogens with zero attached hydrogens (tertiary/aromatic N) is 2. The Morgan fingerprint density at radius 1 is 1.50 bits per heavy atom. The lowest BCUT2D eigenvalue weighted by Gasteiger charge is -2.30. The second-order valence-electron chi connectivity index (χ2n) is 5.33. The maximum Gasteiger partial charge on any atom is 0.178 e.